The average Bonchev–Trinajstić information content (AvgIpc) is 2.91. The highest BCUT2D eigenvalue weighted by molar-refractivity contribution is 5.83. The lowest BCUT2D eigenvalue weighted by Crippen LogP contribution is -2.73. The highest BCUT2D eigenvalue weighted by Crippen LogP contribution is 2.44. The van der Waals surface area contributed by atoms with Crippen molar-refractivity contribution in [3.63, 3.8) is 0 Å². The number of hydrogen-bond acceptors (Lipinski definition) is 5. The zero-order valence-corrected chi connectivity index (χ0v) is 23.6. The third-order valence-electron chi connectivity index (χ3n) is 8.03. The normalized spacial score (nSPS) is 25.7. The number of fused-ring (bicyclic) bond motifs is 1. The number of amides is 2. The van der Waals surface area contributed by atoms with E-state index >= 15 is 0 Å². The van der Waals surface area contributed by atoms with Crippen LogP contribution >= 0.6 is 0 Å². The largest absolute Gasteiger partial charge is 0.445 e. The molecular formula is C32H45N3O4. The van der Waals surface area contributed by atoms with Gasteiger partial charge in [-0.2, -0.15) is 0 Å². The van der Waals surface area contributed by atoms with Gasteiger partial charge in [-0.25, -0.2) is 4.79 Å². The molecule has 0 unspecified atom stereocenters. The van der Waals surface area contributed by atoms with E-state index in [0.717, 1.165) is 49.7 Å². The summed E-state index contributed by atoms with van der Waals surface area (Å²) in [4.78, 5) is 26.7. The molecule has 4 rings (SSSR count). The van der Waals surface area contributed by atoms with E-state index in [2.05, 4.69) is 28.1 Å². The molecule has 1 aliphatic heterocycles. The van der Waals surface area contributed by atoms with Crippen LogP contribution in [-0.4, -0.2) is 40.5 Å². The Morgan fingerprint density at radius 3 is 2.33 bits per heavy atom. The molecule has 39 heavy (non-hydrogen) atoms. The van der Waals surface area contributed by atoms with Crippen LogP contribution < -0.4 is 16.0 Å². The molecule has 1 heterocycles. The number of carbonyl (C=O) groups excluding carboxylic acids is 2. The van der Waals surface area contributed by atoms with Gasteiger partial charge in [0.05, 0.1) is 12.1 Å². The van der Waals surface area contributed by atoms with Crippen molar-refractivity contribution in [2.45, 2.75) is 102 Å². The van der Waals surface area contributed by atoms with Gasteiger partial charge in [0.25, 0.3) is 0 Å². The van der Waals surface area contributed by atoms with Crippen LogP contribution in [0.25, 0.3) is 0 Å². The molecule has 212 valence electrons. The van der Waals surface area contributed by atoms with Crippen molar-refractivity contribution in [1.29, 1.82) is 0 Å². The predicted molar refractivity (Wildman–Crippen MR) is 153 cm³/mol. The highest BCUT2D eigenvalue weighted by atomic mass is 16.5. The minimum absolute atomic E-state index is 0.0749. The molecule has 0 aromatic heterocycles. The first-order valence-electron chi connectivity index (χ1n) is 14.4. The Morgan fingerprint density at radius 2 is 1.67 bits per heavy atom. The first-order chi connectivity index (χ1) is 18.6. The summed E-state index contributed by atoms with van der Waals surface area (Å²) in [6.45, 7) is 6.06. The Hall–Kier alpha value is -2.90. The average molecular weight is 536 g/mol. The van der Waals surface area contributed by atoms with Crippen molar-refractivity contribution in [1.82, 2.24) is 16.0 Å². The number of alkyl carbamates (subject to hydrolysis) is 1. The maximum absolute atomic E-state index is 13.4. The summed E-state index contributed by atoms with van der Waals surface area (Å²) in [5.41, 5.74) is 0.740. The molecule has 4 N–H and O–H groups in total. The lowest BCUT2D eigenvalue weighted by Gasteiger charge is -2.54. The van der Waals surface area contributed by atoms with Crippen LogP contribution in [0.2, 0.25) is 0 Å². The number of carbonyl (C=O) groups is 2. The van der Waals surface area contributed by atoms with Gasteiger partial charge in [-0.05, 0) is 75.8 Å². The highest BCUT2D eigenvalue weighted by Gasteiger charge is 2.52. The molecular weight excluding hydrogens is 490 g/mol. The molecule has 1 aliphatic carbocycles. The van der Waals surface area contributed by atoms with E-state index in [9.17, 15) is 14.7 Å². The quantitative estimate of drug-likeness (QED) is 0.359. The Morgan fingerprint density at radius 1 is 1.03 bits per heavy atom. The van der Waals surface area contributed by atoms with Crippen LogP contribution in [-0.2, 0) is 22.6 Å². The molecule has 2 amide bonds. The minimum Gasteiger partial charge on any atom is -0.445 e. The van der Waals surface area contributed by atoms with Crippen LogP contribution in [0.5, 0.6) is 0 Å². The molecule has 7 nitrogen and oxygen atoms in total. The van der Waals surface area contributed by atoms with E-state index in [0.29, 0.717) is 12.8 Å². The Balaban J connectivity index is 1.56. The Bertz CT molecular complexity index is 1070. The van der Waals surface area contributed by atoms with Crippen molar-refractivity contribution in [3.8, 4) is 0 Å². The molecule has 1 saturated carbocycles. The maximum atomic E-state index is 13.4. The number of rotatable bonds is 9. The SMILES string of the molecule is CC(C)(C)NC(=O)[C@@H]1C[C@H]2CCCC[C@@H]2[C@](C[C@H](O)CCc2ccccc2)(NC(=O)OCc2ccccc2)N1. The van der Waals surface area contributed by atoms with Gasteiger partial charge in [0.1, 0.15) is 12.3 Å². The van der Waals surface area contributed by atoms with Crippen LogP contribution in [0.15, 0.2) is 60.7 Å². The summed E-state index contributed by atoms with van der Waals surface area (Å²) in [5, 5.41) is 21.2. The van der Waals surface area contributed by atoms with Gasteiger partial charge in [0, 0.05) is 12.0 Å². The molecule has 7 heteroatoms. The number of ether oxygens (including phenoxy) is 1. The molecule has 2 aromatic carbocycles. The lowest BCUT2D eigenvalue weighted by molar-refractivity contribution is -0.129. The van der Waals surface area contributed by atoms with Gasteiger partial charge >= 0.3 is 6.09 Å². The molecule has 0 spiro atoms. The van der Waals surface area contributed by atoms with Crippen LogP contribution in [0.1, 0.15) is 76.8 Å². The van der Waals surface area contributed by atoms with E-state index in [-0.39, 0.29) is 29.9 Å². The maximum Gasteiger partial charge on any atom is 0.408 e. The fraction of sp³-hybridized carbons (Fsp3) is 0.562. The van der Waals surface area contributed by atoms with E-state index in [1.165, 1.54) is 0 Å². The molecule has 5 atom stereocenters. The molecule has 0 bridgehead atoms. The number of benzene rings is 2. The van der Waals surface area contributed by atoms with Crippen molar-refractivity contribution in [3.05, 3.63) is 71.8 Å². The zero-order valence-electron chi connectivity index (χ0n) is 23.6. The summed E-state index contributed by atoms with van der Waals surface area (Å²) < 4.78 is 5.65. The number of nitrogens with one attached hydrogen (secondary N) is 3. The van der Waals surface area contributed by atoms with Crippen molar-refractivity contribution in [2.24, 2.45) is 11.8 Å². The second-order valence-corrected chi connectivity index (χ2v) is 12.4. The fourth-order valence-electron chi connectivity index (χ4n) is 6.33. The summed E-state index contributed by atoms with van der Waals surface area (Å²) in [6, 6.07) is 19.2. The van der Waals surface area contributed by atoms with Crippen LogP contribution in [0, 0.1) is 11.8 Å². The summed E-state index contributed by atoms with van der Waals surface area (Å²) in [7, 11) is 0. The van der Waals surface area contributed by atoms with Crippen molar-refractivity contribution in [2.75, 3.05) is 0 Å². The summed E-state index contributed by atoms with van der Waals surface area (Å²) in [5.74, 6) is 0.293. The van der Waals surface area contributed by atoms with Crippen molar-refractivity contribution >= 4 is 12.0 Å². The van der Waals surface area contributed by atoms with Gasteiger partial charge in [0.2, 0.25) is 5.91 Å². The number of aliphatic hydroxyl groups excluding tert-OH is 1. The fourth-order valence-corrected chi connectivity index (χ4v) is 6.33. The minimum atomic E-state index is -0.951. The number of aliphatic hydroxyl groups is 1. The molecule has 2 fully saturated rings. The second-order valence-electron chi connectivity index (χ2n) is 12.4. The van der Waals surface area contributed by atoms with Gasteiger partial charge in [-0.3, -0.25) is 10.1 Å². The predicted octanol–water partition coefficient (Wildman–Crippen LogP) is 5.08. The molecule has 2 aliphatic rings. The van der Waals surface area contributed by atoms with E-state index in [1.54, 1.807) is 0 Å². The van der Waals surface area contributed by atoms with Crippen molar-refractivity contribution < 1.29 is 19.4 Å². The molecule has 2 aromatic rings. The van der Waals surface area contributed by atoms with Crippen LogP contribution in [0.3, 0.4) is 0 Å². The summed E-state index contributed by atoms with van der Waals surface area (Å²) in [6.07, 6.45) is 5.22. The topological polar surface area (TPSA) is 99.7 Å². The van der Waals surface area contributed by atoms with E-state index < -0.39 is 23.9 Å². The Kier molecular flexibility index (Phi) is 9.67. The zero-order chi connectivity index (χ0) is 27.9. The monoisotopic (exact) mass is 535 g/mol. The number of aryl methyl sites for hydroxylation is 1. The first-order valence-corrected chi connectivity index (χ1v) is 14.4. The third-order valence-corrected chi connectivity index (χ3v) is 8.03. The number of hydrogen-bond donors (Lipinski definition) is 4. The Labute approximate surface area is 233 Å². The number of piperidine rings is 1. The smallest absolute Gasteiger partial charge is 0.408 e. The second kappa shape index (κ2) is 13.0. The van der Waals surface area contributed by atoms with E-state index in [1.807, 2.05) is 69.3 Å². The van der Waals surface area contributed by atoms with Gasteiger partial charge in [0.15, 0.2) is 0 Å². The lowest BCUT2D eigenvalue weighted by atomic mass is 9.65. The van der Waals surface area contributed by atoms with E-state index in [4.69, 9.17) is 4.74 Å². The third kappa shape index (κ3) is 8.29. The molecule has 0 radical (unpaired) electrons. The van der Waals surface area contributed by atoms with Gasteiger partial charge < -0.3 is 20.5 Å². The van der Waals surface area contributed by atoms with Crippen LogP contribution in [0.4, 0.5) is 4.79 Å². The van der Waals surface area contributed by atoms with Gasteiger partial charge in [-0.15, -0.1) is 0 Å². The standard InChI is InChI=1S/C32H45N3O4/c1-31(2,3)34-29(37)28-20-25-16-10-11-17-27(25)32(33-28,21-26(36)19-18-23-12-6-4-7-13-23)35-30(38)39-22-24-14-8-5-9-15-24/h4-9,12-15,25-28,33,36H,10-11,16-22H2,1-3H3,(H,34,37)(H,35,38)/t25-,26-,27+,28+,32+/m1/s1. The molecule has 1 saturated heterocycles. The first kappa shape index (κ1) is 29.1. The van der Waals surface area contributed by atoms with Gasteiger partial charge in [-0.1, -0.05) is 73.5 Å². The summed E-state index contributed by atoms with van der Waals surface area (Å²) >= 11 is 0.